The van der Waals surface area contributed by atoms with Gasteiger partial charge in [-0.2, -0.15) is 5.10 Å². The highest BCUT2D eigenvalue weighted by Gasteiger charge is 2.14. The average Bonchev–Trinajstić information content (AvgIpc) is 3.22. The minimum absolute atomic E-state index is 0.0933. The minimum atomic E-state index is -0.0933. The van der Waals surface area contributed by atoms with Gasteiger partial charge in [0.25, 0.3) is 5.91 Å². The zero-order valence-corrected chi connectivity index (χ0v) is 13.7. The maximum Gasteiger partial charge on any atom is 0.271 e. The molecule has 0 spiro atoms. The van der Waals surface area contributed by atoms with E-state index in [2.05, 4.69) is 15.3 Å². The summed E-state index contributed by atoms with van der Waals surface area (Å²) in [5.41, 5.74) is 2.50. The molecule has 5 nitrogen and oxygen atoms in total. The number of rotatable bonds is 6. The molecule has 0 saturated carbocycles. The van der Waals surface area contributed by atoms with Crippen molar-refractivity contribution in [2.75, 3.05) is 26.2 Å². The summed E-state index contributed by atoms with van der Waals surface area (Å²) in [6.45, 7) is 4.17. The molecule has 1 aliphatic heterocycles. The van der Waals surface area contributed by atoms with Gasteiger partial charge in [0.05, 0.1) is 5.69 Å². The van der Waals surface area contributed by atoms with E-state index in [-0.39, 0.29) is 5.91 Å². The maximum absolute atomic E-state index is 12.2. The Morgan fingerprint density at radius 1 is 1.22 bits per heavy atom. The first kappa shape index (κ1) is 15.7. The molecule has 1 fully saturated rings. The van der Waals surface area contributed by atoms with E-state index in [0.717, 1.165) is 24.2 Å². The Kier molecular flexibility index (Phi) is 5.08. The van der Waals surface area contributed by atoms with Crippen LogP contribution in [-0.2, 0) is 7.05 Å². The lowest BCUT2D eigenvalue weighted by molar-refractivity contribution is 0.0946. The average molecular weight is 312 g/mol. The van der Waals surface area contributed by atoms with Crippen LogP contribution < -0.4 is 5.32 Å². The number of aromatic nitrogens is 2. The summed E-state index contributed by atoms with van der Waals surface area (Å²) >= 11 is 0. The molecule has 0 unspecified atom stereocenters. The van der Waals surface area contributed by atoms with Crippen LogP contribution in [0.2, 0.25) is 0 Å². The van der Waals surface area contributed by atoms with E-state index in [1.54, 1.807) is 4.68 Å². The van der Waals surface area contributed by atoms with Crippen LogP contribution >= 0.6 is 0 Å². The maximum atomic E-state index is 12.2. The molecule has 0 radical (unpaired) electrons. The molecule has 1 aliphatic rings. The van der Waals surface area contributed by atoms with Gasteiger partial charge in [0.15, 0.2) is 5.69 Å². The number of hydrogen-bond acceptors (Lipinski definition) is 3. The first-order chi connectivity index (χ1) is 11.2. The third kappa shape index (κ3) is 3.99. The van der Waals surface area contributed by atoms with Crippen molar-refractivity contribution in [2.45, 2.75) is 19.3 Å². The molecule has 2 aromatic rings. The number of nitrogens with zero attached hydrogens (tertiary/aromatic N) is 3. The molecular formula is C18H24N4O. The van der Waals surface area contributed by atoms with Crippen molar-refractivity contribution >= 4 is 5.91 Å². The van der Waals surface area contributed by atoms with E-state index < -0.39 is 0 Å². The molecule has 0 atom stereocenters. The van der Waals surface area contributed by atoms with Gasteiger partial charge in [-0.3, -0.25) is 9.48 Å². The first-order valence-electron chi connectivity index (χ1n) is 8.34. The van der Waals surface area contributed by atoms with Gasteiger partial charge in [0.1, 0.15) is 0 Å². The lowest BCUT2D eigenvalue weighted by Crippen LogP contribution is -2.28. The predicted octanol–water partition coefficient (Wildman–Crippen LogP) is 2.30. The second-order valence-electron chi connectivity index (χ2n) is 6.06. The van der Waals surface area contributed by atoms with Crippen LogP contribution in [0.3, 0.4) is 0 Å². The van der Waals surface area contributed by atoms with Crippen LogP contribution in [0.15, 0.2) is 36.4 Å². The van der Waals surface area contributed by atoms with Gasteiger partial charge in [-0.1, -0.05) is 30.3 Å². The molecular weight excluding hydrogens is 288 g/mol. The van der Waals surface area contributed by atoms with Crippen molar-refractivity contribution in [3.05, 3.63) is 42.1 Å². The number of nitrogens with one attached hydrogen (secondary N) is 1. The highest BCUT2D eigenvalue weighted by atomic mass is 16.1. The largest absolute Gasteiger partial charge is 0.351 e. The topological polar surface area (TPSA) is 50.2 Å². The van der Waals surface area contributed by atoms with Crippen LogP contribution in [0, 0.1) is 0 Å². The summed E-state index contributed by atoms with van der Waals surface area (Å²) in [6.07, 6.45) is 3.61. The summed E-state index contributed by atoms with van der Waals surface area (Å²) in [5, 5.41) is 7.31. The SMILES string of the molecule is Cn1nc(C(=O)NCCCN2CCCC2)cc1-c1ccccc1. The fourth-order valence-corrected chi connectivity index (χ4v) is 3.06. The van der Waals surface area contributed by atoms with Crippen LogP contribution in [0.5, 0.6) is 0 Å². The Bertz CT molecular complexity index is 644. The molecule has 3 rings (SSSR count). The van der Waals surface area contributed by atoms with Crippen LogP contribution in [0.25, 0.3) is 11.3 Å². The Balaban J connectivity index is 1.53. The molecule has 1 aromatic heterocycles. The third-order valence-corrected chi connectivity index (χ3v) is 4.32. The van der Waals surface area contributed by atoms with Crippen LogP contribution in [0.4, 0.5) is 0 Å². The van der Waals surface area contributed by atoms with Gasteiger partial charge < -0.3 is 10.2 Å². The number of carbonyl (C=O) groups excluding carboxylic acids is 1. The molecule has 1 saturated heterocycles. The van der Waals surface area contributed by atoms with Crippen molar-refractivity contribution in [3.63, 3.8) is 0 Å². The molecule has 1 aromatic carbocycles. The fourth-order valence-electron chi connectivity index (χ4n) is 3.06. The van der Waals surface area contributed by atoms with Gasteiger partial charge in [-0.25, -0.2) is 0 Å². The monoisotopic (exact) mass is 312 g/mol. The smallest absolute Gasteiger partial charge is 0.271 e. The van der Waals surface area contributed by atoms with Gasteiger partial charge in [0, 0.05) is 13.6 Å². The van der Waals surface area contributed by atoms with Crippen molar-refractivity contribution < 1.29 is 4.79 Å². The van der Waals surface area contributed by atoms with Crippen molar-refractivity contribution in [1.82, 2.24) is 20.0 Å². The first-order valence-corrected chi connectivity index (χ1v) is 8.34. The second kappa shape index (κ2) is 7.42. The van der Waals surface area contributed by atoms with Gasteiger partial charge in [0.2, 0.25) is 0 Å². The molecule has 1 amide bonds. The molecule has 1 N–H and O–H groups in total. The van der Waals surface area contributed by atoms with Gasteiger partial charge in [-0.05, 0) is 50.5 Å². The van der Waals surface area contributed by atoms with Gasteiger partial charge in [-0.15, -0.1) is 0 Å². The molecule has 122 valence electrons. The van der Waals surface area contributed by atoms with Gasteiger partial charge >= 0.3 is 0 Å². The number of likely N-dealkylation sites (tertiary alicyclic amines) is 1. The summed E-state index contributed by atoms with van der Waals surface area (Å²) in [5.74, 6) is -0.0933. The highest BCUT2D eigenvalue weighted by Crippen LogP contribution is 2.19. The lowest BCUT2D eigenvalue weighted by Gasteiger charge is -2.13. The number of hydrogen-bond donors (Lipinski definition) is 1. The normalized spacial score (nSPS) is 15.0. The summed E-state index contributed by atoms with van der Waals surface area (Å²) in [4.78, 5) is 14.7. The van der Waals surface area contributed by atoms with E-state index in [0.29, 0.717) is 12.2 Å². The summed E-state index contributed by atoms with van der Waals surface area (Å²) < 4.78 is 1.76. The number of aryl methyl sites for hydroxylation is 1. The lowest BCUT2D eigenvalue weighted by atomic mass is 10.1. The van der Waals surface area contributed by atoms with E-state index in [4.69, 9.17) is 0 Å². The van der Waals surface area contributed by atoms with E-state index in [9.17, 15) is 4.79 Å². The van der Waals surface area contributed by atoms with Crippen molar-refractivity contribution in [1.29, 1.82) is 0 Å². The number of benzene rings is 1. The Morgan fingerprint density at radius 3 is 2.70 bits per heavy atom. The molecule has 5 heteroatoms. The number of amides is 1. The van der Waals surface area contributed by atoms with Crippen molar-refractivity contribution in [2.24, 2.45) is 7.05 Å². The van der Waals surface area contributed by atoms with E-state index in [1.807, 2.05) is 43.4 Å². The summed E-state index contributed by atoms with van der Waals surface area (Å²) in [6, 6.07) is 11.9. The van der Waals surface area contributed by atoms with Crippen molar-refractivity contribution in [3.8, 4) is 11.3 Å². The quantitative estimate of drug-likeness (QED) is 0.833. The predicted molar refractivity (Wildman–Crippen MR) is 91.3 cm³/mol. The minimum Gasteiger partial charge on any atom is -0.351 e. The van der Waals surface area contributed by atoms with E-state index in [1.165, 1.54) is 25.9 Å². The Labute approximate surface area is 137 Å². The molecule has 23 heavy (non-hydrogen) atoms. The fraction of sp³-hybridized carbons (Fsp3) is 0.444. The zero-order valence-electron chi connectivity index (χ0n) is 13.7. The molecule has 2 heterocycles. The summed E-state index contributed by atoms with van der Waals surface area (Å²) in [7, 11) is 1.87. The molecule has 0 aliphatic carbocycles. The van der Waals surface area contributed by atoms with Crippen LogP contribution in [-0.4, -0.2) is 46.8 Å². The Morgan fingerprint density at radius 2 is 1.96 bits per heavy atom. The highest BCUT2D eigenvalue weighted by molar-refractivity contribution is 5.93. The molecule has 0 bridgehead atoms. The third-order valence-electron chi connectivity index (χ3n) is 4.32. The van der Waals surface area contributed by atoms with Crippen LogP contribution in [0.1, 0.15) is 29.8 Å². The zero-order chi connectivity index (χ0) is 16.1. The second-order valence-corrected chi connectivity index (χ2v) is 6.06. The Hall–Kier alpha value is -2.14. The number of carbonyl (C=O) groups is 1. The van der Waals surface area contributed by atoms with E-state index >= 15 is 0 Å². The standard InChI is InChI=1S/C18H24N4O/c1-21-17(15-8-3-2-4-9-15)14-16(20-21)18(23)19-10-7-13-22-11-5-6-12-22/h2-4,8-9,14H,5-7,10-13H2,1H3,(H,19,23).